The summed E-state index contributed by atoms with van der Waals surface area (Å²) >= 11 is 0. The Kier molecular flexibility index (Phi) is 6.55. The van der Waals surface area contributed by atoms with Crippen molar-refractivity contribution in [2.75, 3.05) is 6.54 Å². The van der Waals surface area contributed by atoms with Gasteiger partial charge in [-0.25, -0.2) is 0 Å². The first kappa shape index (κ1) is 19.7. The first-order valence-electron chi connectivity index (χ1n) is 9.07. The van der Waals surface area contributed by atoms with E-state index in [0.29, 0.717) is 28.9 Å². The number of aromatic hydroxyl groups is 1. The van der Waals surface area contributed by atoms with E-state index in [1.807, 2.05) is 0 Å². The Labute approximate surface area is 152 Å². The summed E-state index contributed by atoms with van der Waals surface area (Å²) in [6.07, 6.45) is 4.37. The Morgan fingerprint density at radius 3 is 2.62 bits per heavy atom. The minimum Gasteiger partial charge on any atom is -0.506 e. The van der Waals surface area contributed by atoms with E-state index >= 15 is 0 Å². The molecule has 140 valence electrons. The van der Waals surface area contributed by atoms with Crippen LogP contribution in [0, 0.1) is 5.92 Å². The second kappa shape index (κ2) is 8.65. The normalized spacial score (nSPS) is 12.1. The van der Waals surface area contributed by atoms with Crippen molar-refractivity contribution < 1.29 is 14.7 Å². The summed E-state index contributed by atoms with van der Waals surface area (Å²) in [5.74, 6) is -0.641. The van der Waals surface area contributed by atoms with E-state index in [1.54, 1.807) is 6.07 Å². The van der Waals surface area contributed by atoms with Crippen LogP contribution in [0.1, 0.15) is 67.2 Å². The van der Waals surface area contributed by atoms with Gasteiger partial charge in [-0.3, -0.25) is 14.4 Å². The molecule has 0 aliphatic heterocycles. The van der Waals surface area contributed by atoms with Crippen LogP contribution in [0.25, 0.3) is 10.9 Å². The van der Waals surface area contributed by atoms with Crippen LogP contribution < -0.4 is 10.9 Å². The number of nitrogens with one attached hydrogen (secondary N) is 2. The van der Waals surface area contributed by atoms with Crippen LogP contribution in [-0.4, -0.2) is 28.3 Å². The van der Waals surface area contributed by atoms with Crippen molar-refractivity contribution >= 4 is 22.6 Å². The van der Waals surface area contributed by atoms with E-state index in [1.165, 1.54) is 19.1 Å². The number of hydrogen-bond acceptors (Lipinski definition) is 4. The largest absolute Gasteiger partial charge is 0.506 e. The number of Topliss-reactive ketones (excluding diaryl/α,β-unsaturated/α-hetero) is 1. The second-order valence-corrected chi connectivity index (χ2v) is 6.62. The summed E-state index contributed by atoms with van der Waals surface area (Å²) in [6.45, 7) is 6.09. The number of amides is 1. The molecule has 0 bridgehead atoms. The highest BCUT2D eigenvalue weighted by molar-refractivity contribution is 6.04. The predicted octanol–water partition coefficient (Wildman–Crippen LogP) is 3.38. The van der Waals surface area contributed by atoms with Crippen molar-refractivity contribution in [3.8, 4) is 5.75 Å². The maximum absolute atomic E-state index is 12.4. The predicted molar refractivity (Wildman–Crippen MR) is 102 cm³/mol. The van der Waals surface area contributed by atoms with Crippen LogP contribution in [0.2, 0.25) is 0 Å². The summed E-state index contributed by atoms with van der Waals surface area (Å²) in [5.41, 5.74) is -0.210. The first-order valence-corrected chi connectivity index (χ1v) is 9.07. The highest BCUT2D eigenvalue weighted by atomic mass is 16.3. The van der Waals surface area contributed by atoms with Crippen molar-refractivity contribution in [1.29, 1.82) is 0 Å². The molecule has 1 aromatic carbocycles. The molecule has 1 aromatic heterocycles. The number of H-pyrrole nitrogens is 1. The molecule has 6 heteroatoms. The lowest BCUT2D eigenvalue weighted by molar-refractivity contribution is 0.0944. The van der Waals surface area contributed by atoms with Gasteiger partial charge in [0.2, 0.25) is 0 Å². The van der Waals surface area contributed by atoms with Crippen LogP contribution >= 0.6 is 0 Å². The molecule has 3 N–H and O–H groups in total. The lowest BCUT2D eigenvalue weighted by Crippen LogP contribution is -2.29. The van der Waals surface area contributed by atoms with Crippen molar-refractivity contribution in [1.82, 2.24) is 10.3 Å². The molecule has 2 rings (SSSR count). The summed E-state index contributed by atoms with van der Waals surface area (Å²) in [7, 11) is 0. The SMILES string of the molecule is CCCCC(CC)CNC(=O)c1ccc2c(O)c(C(C)=O)c(=O)[nH]c2c1. The Morgan fingerprint density at radius 1 is 1.27 bits per heavy atom. The molecule has 1 unspecified atom stereocenters. The average molecular weight is 358 g/mol. The first-order chi connectivity index (χ1) is 12.4. The van der Waals surface area contributed by atoms with E-state index in [2.05, 4.69) is 24.1 Å². The van der Waals surface area contributed by atoms with Gasteiger partial charge >= 0.3 is 0 Å². The van der Waals surface area contributed by atoms with Crippen LogP contribution in [0.15, 0.2) is 23.0 Å². The molecule has 0 aliphatic rings. The van der Waals surface area contributed by atoms with E-state index in [4.69, 9.17) is 0 Å². The number of fused-ring (bicyclic) bond motifs is 1. The number of carbonyl (C=O) groups is 2. The third-order valence-corrected chi connectivity index (χ3v) is 4.70. The third-order valence-electron chi connectivity index (χ3n) is 4.70. The molecule has 1 heterocycles. The molecule has 26 heavy (non-hydrogen) atoms. The van der Waals surface area contributed by atoms with Crippen molar-refractivity contribution in [3.63, 3.8) is 0 Å². The molecule has 1 amide bonds. The molecule has 6 nitrogen and oxygen atoms in total. The number of aromatic amines is 1. The van der Waals surface area contributed by atoms with E-state index in [0.717, 1.165) is 25.7 Å². The fraction of sp³-hybridized carbons (Fsp3) is 0.450. The van der Waals surface area contributed by atoms with E-state index in [9.17, 15) is 19.5 Å². The number of rotatable bonds is 8. The molecule has 0 radical (unpaired) electrons. The van der Waals surface area contributed by atoms with Gasteiger partial charge in [0.05, 0.1) is 5.52 Å². The minimum atomic E-state index is -0.661. The molecular formula is C20H26N2O4. The zero-order chi connectivity index (χ0) is 19.3. The lowest BCUT2D eigenvalue weighted by Gasteiger charge is -2.15. The van der Waals surface area contributed by atoms with Crippen molar-refractivity contribution in [2.24, 2.45) is 5.92 Å². The van der Waals surface area contributed by atoms with Gasteiger partial charge in [-0.05, 0) is 37.5 Å². The fourth-order valence-corrected chi connectivity index (χ4v) is 3.03. The van der Waals surface area contributed by atoms with Gasteiger partial charge in [0.15, 0.2) is 5.78 Å². The van der Waals surface area contributed by atoms with Gasteiger partial charge in [-0.15, -0.1) is 0 Å². The van der Waals surface area contributed by atoms with E-state index < -0.39 is 11.3 Å². The average Bonchev–Trinajstić information content (AvgIpc) is 2.60. The monoisotopic (exact) mass is 358 g/mol. The van der Waals surface area contributed by atoms with Crippen LogP contribution in [0.3, 0.4) is 0 Å². The van der Waals surface area contributed by atoms with Gasteiger partial charge < -0.3 is 15.4 Å². The number of ketones is 1. The zero-order valence-corrected chi connectivity index (χ0v) is 15.5. The van der Waals surface area contributed by atoms with Gasteiger partial charge in [0.1, 0.15) is 11.3 Å². The topological polar surface area (TPSA) is 99.3 Å². The minimum absolute atomic E-state index is 0.224. The molecular weight excluding hydrogens is 332 g/mol. The lowest BCUT2D eigenvalue weighted by atomic mass is 9.99. The highest BCUT2D eigenvalue weighted by Gasteiger charge is 2.17. The number of hydrogen-bond donors (Lipinski definition) is 3. The molecule has 0 saturated carbocycles. The Hall–Kier alpha value is -2.63. The maximum atomic E-state index is 12.4. The van der Waals surface area contributed by atoms with Crippen molar-refractivity contribution in [2.45, 2.75) is 46.5 Å². The van der Waals surface area contributed by atoms with Crippen LogP contribution in [0.5, 0.6) is 5.75 Å². The molecule has 0 aliphatic carbocycles. The number of aromatic nitrogens is 1. The number of pyridine rings is 1. The fourth-order valence-electron chi connectivity index (χ4n) is 3.03. The quantitative estimate of drug-likeness (QED) is 0.630. The molecule has 0 spiro atoms. The van der Waals surface area contributed by atoms with Crippen molar-refractivity contribution in [3.05, 3.63) is 39.7 Å². The number of carbonyl (C=O) groups excluding carboxylic acids is 2. The summed E-state index contributed by atoms with van der Waals surface area (Å²) in [4.78, 5) is 38.5. The second-order valence-electron chi connectivity index (χ2n) is 6.62. The van der Waals surface area contributed by atoms with Crippen LogP contribution in [-0.2, 0) is 0 Å². The van der Waals surface area contributed by atoms with Gasteiger partial charge in [0.25, 0.3) is 11.5 Å². The maximum Gasteiger partial charge on any atom is 0.263 e. The number of benzene rings is 1. The van der Waals surface area contributed by atoms with E-state index in [-0.39, 0.29) is 17.2 Å². The Morgan fingerprint density at radius 2 is 2.00 bits per heavy atom. The Bertz CT molecular complexity index is 870. The molecule has 2 aromatic rings. The highest BCUT2D eigenvalue weighted by Crippen LogP contribution is 2.25. The summed E-state index contributed by atoms with van der Waals surface area (Å²) in [5, 5.41) is 13.4. The van der Waals surface area contributed by atoms with Gasteiger partial charge in [0, 0.05) is 17.5 Å². The standard InChI is InChI=1S/C20H26N2O4/c1-4-6-7-13(5-2)11-21-19(25)14-8-9-15-16(10-14)22-20(26)17(12(3)23)18(15)24/h8-10,13H,4-7,11H2,1-3H3,(H,21,25)(H2,22,24,26). The number of unbranched alkanes of at least 4 members (excludes halogenated alkanes) is 1. The molecule has 0 fully saturated rings. The van der Waals surface area contributed by atoms with Gasteiger partial charge in [-0.1, -0.05) is 33.1 Å². The molecule has 1 atom stereocenters. The molecule has 0 saturated heterocycles. The van der Waals surface area contributed by atoms with Crippen LogP contribution in [0.4, 0.5) is 0 Å². The smallest absolute Gasteiger partial charge is 0.263 e. The summed E-state index contributed by atoms with van der Waals surface area (Å²) < 4.78 is 0. The Balaban J connectivity index is 2.23. The van der Waals surface area contributed by atoms with Gasteiger partial charge in [-0.2, -0.15) is 0 Å². The third kappa shape index (κ3) is 4.31. The summed E-state index contributed by atoms with van der Waals surface area (Å²) in [6, 6.07) is 4.63. The zero-order valence-electron chi connectivity index (χ0n) is 15.5.